The Bertz CT molecular complexity index is 349. The molecule has 0 amide bonds. The van der Waals surface area contributed by atoms with E-state index in [4.69, 9.17) is 10.6 Å². The first-order valence-electron chi connectivity index (χ1n) is 5.48. The summed E-state index contributed by atoms with van der Waals surface area (Å²) in [4.78, 5) is 0. The van der Waals surface area contributed by atoms with E-state index in [1.807, 2.05) is 30.0 Å². The highest BCUT2D eigenvalue weighted by molar-refractivity contribution is 9.10. The summed E-state index contributed by atoms with van der Waals surface area (Å²) in [6.07, 6.45) is 4.06. The number of thioether (sulfide) groups is 1. The molecule has 0 radical (unpaired) electrons. The molecule has 0 aliphatic carbocycles. The zero-order chi connectivity index (χ0) is 12.7. The van der Waals surface area contributed by atoms with Gasteiger partial charge in [0.05, 0.1) is 7.11 Å². The van der Waals surface area contributed by atoms with E-state index in [2.05, 4.69) is 27.6 Å². The Labute approximate surface area is 116 Å². The van der Waals surface area contributed by atoms with Crippen molar-refractivity contribution in [1.29, 1.82) is 0 Å². The second-order valence-electron chi connectivity index (χ2n) is 3.81. The normalized spacial score (nSPS) is 12.5. The second kappa shape index (κ2) is 7.97. The highest BCUT2D eigenvalue weighted by atomic mass is 79.9. The molecule has 1 rings (SSSR count). The number of benzene rings is 1. The van der Waals surface area contributed by atoms with Crippen molar-refractivity contribution in [3.05, 3.63) is 28.2 Å². The summed E-state index contributed by atoms with van der Waals surface area (Å²) in [7, 11) is 1.68. The molecule has 0 aromatic heterocycles. The van der Waals surface area contributed by atoms with E-state index in [9.17, 15) is 0 Å². The highest BCUT2D eigenvalue weighted by Crippen LogP contribution is 2.24. The van der Waals surface area contributed by atoms with Gasteiger partial charge in [-0.25, -0.2) is 0 Å². The van der Waals surface area contributed by atoms with Crippen molar-refractivity contribution >= 4 is 27.7 Å². The van der Waals surface area contributed by atoms with Crippen molar-refractivity contribution in [2.45, 2.75) is 18.9 Å². The lowest BCUT2D eigenvalue weighted by Gasteiger charge is -2.16. The molecule has 3 N–H and O–H groups in total. The van der Waals surface area contributed by atoms with Crippen molar-refractivity contribution in [2.24, 2.45) is 5.84 Å². The van der Waals surface area contributed by atoms with Gasteiger partial charge in [0.15, 0.2) is 0 Å². The van der Waals surface area contributed by atoms with E-state index < -0.39 is 0 Å². The first-order chi connectivity index (χ1) is 8.21. The van der Waals surface area contributed by atoms with Crippen molar-refractivity contribution in [2.75, 3.05) is 19.1 Å². The number of ether oxygens (including phenoxy) is 1. The maximum atomic E-state index is 5.58. The molecule has 1 aromatic rings. The van der Waals surface area contributed by atoms with Crippen LogP contribution in [0, 0.1) is 0 Å². The molecule has 0 fully saturated rings. The Morgan fingerprint density at radius 1 is 1.53 bits per heavy atom. The predicted molar refractivity (Wildman–Crippen MR) is 78.5 cm³/mol. The Morgan fingerprint density at radius 2 is 2.29 bits per heavy atom. The van der Waals surface area contributed by atoms with Gasteiger partial charge in [0.1, 0.15) is 5.75 Å². The molecule has 0 saturated carbocycles. The minimum absolute atomic E-state index is 0.297. The third-order valence-electron chi connectivity index (χ3n) is 2.63. The topological polar surface area (TPSA) is 47.3 Å². The number of hydrogen-bond donors (Lipinski definition) is 2. The van der Waals surface area contributed by atoms with Crippen LogP contribution in [0.5, 0.6) is 5.75 Å². The quantitative estimate of drug-likeness (QED) is 0.599. The molecule has 0 aliphatic heterocycles. The number of hydrogen-bond acceptors (Lipinski definition) is 4. The van der Waals surface area contributed by atoms with Gasteiger partial charge in [0, 0.05) is 10.5 Å². The third kappa shape index (κ3) is 4.87. The average molecular weight is 319 g/mol. The lowest BCUT2D eigenvalue weighted by atomic mass is 10.0. The molecular formula is C12H19BrN2OS. The fourth-order valence-electron chi connectivity index (χ4n) is 1.60. The van der Waals surface area contributed by atoms with Crippen LogP contribution in [0.1, 0.15) is 12.0 Å². The van der Waals surface area contributed by atoms with Gasteiger partial charge in [-0.05, 0) is 48.6 Å². The molecular weight excluding hydrogens is 300 g/mol. The number of rotatable bonds is 7. The molecule has 5 heteroatoms. The van der Waals surface area contributed by atoms with Gasteiger partial charge in [-0.15, -0.1) is 0 Å². The summed E-state index contributed by atoms with van der Waals surface area (Å²) in [6, 6.07) is 6.30. The fourth-order valence-corrected chi connectivity index (χ4v) is 2.53. The SMILES string of the molecule is COc1ccc(Br)c(CC(CCSC)NN)c1. The summed E-state index contributed by atoms with van der Waals surface area (Å²) in [5, 5.41) is 0. The van der Waals surface area contributed by atoms with Crippen LogP contribution in [0.4, 0.5) is 0 Å². The summed E-state index contributed by atoms with van der Waals surface area (Å²) in [5.41, 5.74) is 4.09. The minimum Gasteiger partial charge on any atom is -0.497 e. The number of halogens is 1. The first-order valence-corrected chi connectivity index (χ1v) is 7.67. The predicted octanol–water partition coefficient (Wildman–Crippen LogP) is 2.59. The standard InChI is InChI=1S/C12H19BrN2OS/c1-16-11-3-4-12(13)9(8-11)7-10(15-14)5-6-17-2/h3-4,8,10,15H,5-7,14H2,1-2H3. The van der Waals surface area contributed by atoms with Crippen LogP contribution in [0.25, 0.3) is 0 Å². The molecule has 96 valence electrons. The molecule has 0 bridgehead atoms. The van der Waals surface area contributed by atoms with E-state index in [1.54, 1.807) is 7.11 Å². The van der Waals surface area contributed by atoms with Crippen LogP contribution in [-0.2, 0) is 6.42 Å². The summed E-state index contributed by atoms with van der Waals surface area (Å²) >= 11 is 5.39. The molecule has 1 unspecified atom stereocenters. The Kier molecular flexibility index (Phi) is 6.96. The van der Waals surface area contributed by atoms with Gasteiger partial charge in [-0.3, -0.25) is 11.3 Å². The lowest BCUT2D eigenvalue weighted by molar-refractivity contribution is 0.413. The van der Waals surface area contributed by atoms with Crippen LogP contribution < -0.4 is 16.0 Å². The van der Waals surface area contributed by atoms with Crippen LogP contribution in [0.15, 0.2) is 22.7 Å². The van der Waals surface area contributed by atoms with Gasteiger partial charge in [-0.1, -0.05) is 15.9 Å². The van der Waals surface area contributed by atoms with Crippen molar-refractivity contribution in [3.63, 3.8) is 0 Å². The molecule has 1 atom stereocenters. The summed E-state index contributed by atoms with van der Waals surface area (Å²) in [6.45, 7) is 0. The average Bonchev–Trinajstić information content (AvgIpc) is 2.36. The lowest BCUT2D eigenvalue weighted by Crippen LogP contribution is -2.37. The number of hydrazine groups is 1. The zero-order valence-electron chi connectivity index (χ0n) is 10.2. The smallest absolute Gasteiger partial charge is 0.119 e. The van der Waals surface area contributed by atoms with E-state index in [1.165, 1.54) is 5.56 Å². The molecule has 0 heterocycles. The molecule has 1 aromatic carbocycles. The minimum atomic E-state index is 0.297. The third-order valence-corrected chi connectivity index (χ3v) is 4.04. The first kappa shape index (κ1) is 14.8. The van der Waals surface area contributed by atoms with Crippen molar-refractivity contribution in [1.82, 2.24) is 5.43 Å². The summed E-state index contributed by atoms with van der Waals surface area (Å²) in [5.74, 6) is 7.56. The zero-order valence-corrected chi connectivity index (χ0v) is 12.6. The Morgan fingerprint density at radius 3 is 2.88 bits per heavy atom. The van der Waals surface area contributed by atoms with E-state index >= 15 is 0 Å². The number of methoxy groups -OCH3 is 1. The van der Waals surface area contributed by atoms with Crippen LogP contribution in [0.2, 0.25) is 0 Å². The Balaban J connectivity index is 2.70. The van der Waals surface area contributed by atoms with Crippen molar-refractivity contribution in [3.8, 4) is 5.75 Å². The largest absolute Gasteiger partial charge is 0.497 e. The van der Waals surface area contributed by atoms with Crippen LogP contribution in [0.3, 0.4) is 0 Å². The van der Waals surface area contributed by atoms with E-state index in [-0.39, 0.29) is 0 Å². The van der Waals surface area contributed by atoms with Gasteiger partial charge in [0.25, 0.3) is 0 Å². The Hall–Kier alpha value is -0.230. The van der Waals surface area contributed by atoms with Gasteiger partial charge in [0.2, 0.25) is 0 Å². The number of nitrogens with two attached hydrogens (primary N) is 1. The molecule has 17 heavy (non-hydrogen) atoms. The van der Waals surface area contributed by atoms with Gasteiger partial charge in [-0.2, -0.15) is 11.8 Å². The maximum Gasteiger partial charge on any atom is 0.119 e. The fraction of sp³-hybridized carbons (Fsp3) is 0.500. The second-order valence-corrected chi connectivity index (χ2v) is 5.65. The maximum absolute atomic E-state index is 5.58. The molecule has 0 spiro atoms. The monoisotopic (exact) mass is 318 g/mol. The van der Waals surface area contributed by atoms with Gasteiger partial charge >= 0.3 is 0 Å². The summed E-state index contributed by atoms with van der Waals surface area (Å²) < 4.78 is 6.33. The highest BCUT2D eigenvalue weighted by Gasteiger charge is 2.10. The van der Waals surface area contributed by atoms with Crippen molar-refractivity contribution < 1.29 is 4.74 Å². The molecule has 0 saturated heterocycles. The van der Waals surface area contributed by atoms with Gasteiger partial charge < -0.3 is 4.74 Å². The number of nitrogens with one attached hydrogen (secondary N) is 1. The van der Waals surface area contributed by atoms with Crippen LogP contribution in [-0.4, -0.2) is 25.2 Å². The molecule has 3 nitrogen and oxygen atoms in total. The molecule has 0 aliphatic rings. The van der Waals surface area contributed by atoms with E-state index in [0.29, 0.717) is 6.04 Å². The van der Waals surface area contributed by atoms with E-state index in [0.717, 1.165) is 28.8 Å². The van der Waals surface area contributed by atoms with Crippen LogP contribution >= 0.6 is 27.7 Å².